The minimum atomic E-state index is 0.574. The molecule has 0 saturated carbocycles. The number of fused-ring (bicyclic) bond motifs is 2. The van der Waals surface area contributed by atoms with Crippen molar-refractivity contribution in [2.24, 2.45) is 0 Å². The average Bonchev–Trinajstić information content (AvgIpc) is 3.77. The van der Waals surface area contributed by atoms with Gasteiger partial charge in [0.1, 0.15) is 36.4 Å². The number of nitrogens with zero attached hydrogens (tertiary/aromatic N) is 2. The predicted octanol–water partition coefficient (Wildman–Crippen LogP) is 9.62. The van der Waals surface area contributed by atoms with Gasteiger partial charge >= 0.3 is 0 Å². The number of aromatic nitrogens is 4. The largest absolute Gasteiger partial charge is 0.489 e. The van der Waals surface area contributed by atoms with Crippen molar-refractivity contribution in [1.82, 2.24) is 19.9 Å². The number of para-hydroxylation sites is 4. The van der Waals surface area contributed by atoms with Gasteiger partial charge in [-0.1, -0.05) is 84.9 Å². The first-order chi connectivity index (χ1) is 22.8. The van der Waals surface area contributed by atoms with E-state index >= 15 is 0 Å². The second-order valence-electron chi connectivity index (χ2n) is 10.8. The van der Waals surface area contributed by atoms with Crippen molar-refractivity contribution in [2.75, 3.05) is 0 Å². The SMILES string of the molecule is c1ccc(COc2ccc(-c3nc4ccccc4[nH]3)cc2)cc1.c1ccc(COc2ccc(-c3nc4ccccc4[nH]3)cc2)cc1. The Morgan fingerprint density at radius 2 is 0.761 bits per heavy atom. The summed E-state index contributed by atoms with van der Waals surface area (Å²) in [4.78, 5) is 15.9. The van der Waals surface area contributed by atoms with Crippen molar-refractivity contribution in [3.05, 3.63) is 169 Å². The van der Waals surface area contributed by atoms with Crippen LogP contribution in [-0.2, 0) is 13.2 Å². The van der Waals surface area contributed by atoms with Crippen molar-refractivity contribution in [3.8, 4) is 34.3 Å². The monoisotopic (exact) mass is 600 g/mol. The van der Waals surface area contributed by atoms with Crippen LogP contribution < -0.4 is 9.47 Å². The highest BCUT2D eigenvalue weighted by Crippen LogP contribution is 2.24. The van der Waals surface area contributed by atoms with Crippen molar-refractivity contribution in [2.45, 2.75) is 13.2 Å². The number of hydrogen-bond donors (Lipinski definition) is 2. The van der Waals surface area contributed by atoms with Crippen LogP contribution in [0.15, 0.2) is 158 Å². The van der Waals surface area contributed by atoms with Gasteiger partial charge in [-0.3, -0.25) is 0 Å². The number of imidazole rings is 2. The summed E-state index contributed by atoms with van der Waals surface area (Å²) in [5, 5.41) is 0. The first-order valence-electron chi connectivity index (χ1n) is 15.2. The zero-order chi connectivity index (χ0) is 31.0. The third-order valence-electron chi connectivity index (χ3n) is 7.53. The Morgan fingerprint density at radius 3 is 1.15 bits per heavy atom. The van der Waals surface area contributed by atoms with E-state index in [1.165, 1.54) is 0 Å². The van der Waals surface area contributed by atoms with Gasteiger partial charge in [-0.05, 0) is 83.9 Å². The minimum absolute atomic E-state index is 0.574. The number of rotatable bonds is 8. The van der Waals surface area contributed by atoms with E-state index < -0.39 is 0 Å². The van der Waals surface area contributed by atoms with Crippen LogP contribution in [0, 0.1) is 0 Å². The van der Waals surface area contributed by atoms with E-state index in [1.807, 2.05) is 133 Å². The standard InChI is InChI=1S/2C20H16N2O/c2*1-2-6-15(7-3-1)14-23-17-12-10-16(11-13-17)20-21-18-8-4-5-9-19(18)22-20/h2*1-13H,14H2,(H,21,22). The summed E-state index contributed by atoms with van der Waals surface area (Å²) >= 11 is 0. The van der Waals surface area contributed by atoms with Gasteiger partial charge in [0.2, 0.25) is 0 Å². The first-order valence-corrected chi connectivity index (χ1v) is 15.2. The van der Waals surface area contributed by atoms with Gasteiger partial charge in [-0.2, -0.15) is 0 Å². The molecule has 2 N–H and O–H groups in total. The predicted molar refractivity (Wildman–Crippen MR) is 185 cm³/mol. The summed E-state index contributed by atoms with van der Waals surface area (Å²) in [5.41, 5.74) is 8.47. The molecule has 8 rings (SSSR count). The van der Waals surface area contributed by atoms with Crippen molar-refractivity contribution in [3.63, 3.8) is 0 Å². The van der Waals surface area contributed by atoms with E-state index in [4.69, 9.17) is 9.47 Å². The molecule has 0 aliphatic rings. The lowest BCUT2D eigenvalue weighted by atomic mass is 10.2. The molecule has 0 bridgehead atoms. The maximum Gasteiger partial charge on any atom is 0.138 e. The molecule has 0 saturated heterocycles. The van der Waals surface area contributed by atoms with Crippen LogP contribution in [0.2, 0.25) is 0 Å². The van der Waals surface area contributed by atoms with E-state index in [9.17, 15) is 0 Å². The molecule has 0 fully saturated rings. The van der Waals surface area contributed by atoms with Crippen molar-refractivity contribution < 1.29 is 9.47 Å². The molecule has 6 heteroatoms. The van der Waals surface area contributed by atoms with Gasteiger partial charge in [-0.15, -0.1) is 0 Å². The Hall–Kier alpha value is -6.14. The first kappa shape index (κ1) is 28.6. The van der Waals surface area contributed by atoms with Crippen LogP contribution in [0.1, 0.15) is 11.1 Å². The summed E-state index contributed by atoms with van der Waals surface area (Å²) in [7, 11) is 0. The lowest BCUT2D eigenvalue weighted by molar-refractivity contribution is 0.306. The lowest BCUT2D eigenvalue weighted by Gasteiger charge is -2.06. The molecule has 6 aromatic carbocycles. The molecule has 6 nitrogen and oxygen atoms in total. The van der Waals surface area contributed by atoms with Crippen LogP contribution in [-0.4, -0.2) is 19.9 Å². The van der Waals surface area contributed by atoms with Crippen molar-refractivity contribution >= 4 is 22.1 Å². The van der Waals surface area contributed by atoms with Gasteiger partial charge < -0.3 is 19.4 Å². The average molecular weight is 601 g/mol. The second kappa shape index (κ2) is 13.7. The summed E-state index contributed by atoms with van der Waals surface area (Å²) in [6.07, 6.45) is 0. The van der Waals surface area contributed by atoms with E-state index in [2.05, 4.69) is 44.2 Å². The molecule has 2 aromatic heterocycles. The smallest absolute Gasteiger partial charge is 0.138 e. The number of aromatic amines is 2. The number of benzene rings is 6. The molecule has 0 aliphatic heterocycles. The molecule has 0 atom stereocenters. The summed E-state index contributed by atoms with van der Waals surface area (Å²) in [6.45, 7) is 1.15. The fourth-order valence-corrected chi connectivity index (χ4v) is 5.08. The topological polar surface area (TPSA) is 75.8 Å². The maximum absolute atomic E-state index is 5.81. The van der Waals surface area contributed by atoms with Crippen LogP contribution in [0.4, 0.5) is 0 Å². The zero-order valence-corrected chi connectivity index (χ0v) is 25.1. The number of nitrogens with one attached hydrogen (secondary N) is 2. The molecule has 0 aliphatic carbocycles. The van der Waals surface area contributed by atoms with E-state index in [1.54, 1.807) is 0 Å². The Morgan fingerprint density at radius 1 is 0.391 bits per heavy atom. The van der Waals surface area contributed by atoms with E-state index in [0.717, 1.165) is 67.5 Å². The zero-order valence-electron chi connectivity index (χ0n) is 25.1. The number of hydrogen-bond acceptors (Lipinski definition) is 4. The fourth-order valence-electron chi connectivity index (χ4n) is 5.08. The Kier molecular flexibility index (Phi) is 8.50. The summed E-state index contributed by atoms with van der Waals surface area (Å²) < 4.78 is 11.6. The third kappa shape index (κ3) is 6.98. The summed E-state index contributed by atoms with van der Waals surface area (Å²) in [6, 6.07) is 52.4. The molecule has 8 aromatic rings. The number of H-pyrrole nitrogens is 2. The highest BCUT2D eigenvalue weighted by Gasteiger charge is 2.06. The van der Waals surface area contributed by atoms with Crippen LogP contribution in [0.5, 0.6) is 11.5 Å². The third-order valence-corrected chi connectivity index (χ3v) is 7.53. The van der Waals surface area contributed by atoms with Crippen LogP contribution in [0.3, 0.4) is 0 Å². The van der Waals surface area contributed by atoms with Crippen LogP contribution >= 0.6 is 0 Å². The summed E-state index contributed by atoms with van der Waals surface area (Å²) in [5.74, 6) is 3.46. The van der Waals surface area contributed by atoms with E-state index in [-0.39, 0.29) is 0 Å². The van der Waals surface area contributed by atoms with Crippen LogP contribution in [0.25, 0.3) is 44.8 Å². The Balaban J connectivity index is 0.000000147. The quantitative estimate of drug-likeness (QED) is 0.182. The molecule has 2 heterocycles. The lowest BCUT2D eigenvalue weighted by Crippen LogP contribution is -1.94. The molecule has 46 heavy (non-hydrogen) atoms. The molecule has 0 unspecified atom stereocenters. The molecule has 0 spiro atoms. The highest BCUT2D eigenvalue weighted by molar-refractivity contribution is 5.80. The Labute approximate surface area is 267 Å². The maximum atomic E-state index is 5.81. The highest BCUT2D eigenvalue weighted by atomic mass is 16.5. The van der Waals surface area contributed by atoms with E-state index in [0.29, 0.717) is 13.2 Å². The molecular weight excluding hydrogens is 568 g/mol. The van der Waals surface area contributed by atoms with Gasteiger partial charge in [0, 0.05) is 11.1 Å². The van der Waals surface area contributed by atoms with Gasteiger partial charge in [-0.25, -0.2) is 9.97 Å². The minimum Gasteiger partial charge on any atom is -0.489 e. The molecule has 0 radical (unpaired) electrons. The Bertz CT molecular complexity index is 1910. The number of ether oxygens (including phenoxy) is 2. The molecule has 224 valence electrons. The normalized spacial score (nSPS) is 10.8. The molecule has 0 amide bonds. The van der Waals surface area contributed by atoms with Gasteiger partial charge in [0.05, 0.1) is 22.1 Å². The van der Waals surface area contributed by atoms with Gasteiger partial charge in [0.25, 0.3) is 0 Å². The van der Waals surface area contributed by atoms with Gasteiger partial charge in [0.15, 0.2) is 0 Å². The van der Waals surface area contributed by atoms with Crippen molar-refractivity contribution in [1.29, 1.82) is 0 Å². The fraction of sp³-hybridized carbons (Fsp3) is 0.0500. The second-order valence-corrected chi connectivity index (χ2v) is 10.8. The molecular formula is C40H32N4O2.